The molecular weight excluding hydrogens is 580 g/mol. The van der Waals surface area contributed by atoms with Crippen LogP contribution in [0.3, 0.4) is 0 Å². The Kier molecular flexibility index (Phi) is 11.8. The van der Waals surface area contributed by atoms with E-state index in [9.17, 15) is 37.6 Å². The molecule has 0 aliphatic carbocycles. The van der Waals surface area contributed by atoms with E-state index in [1.165, 1.54) is 6.07 Å². The minimum absolute atomic E-state index is 0.0265. The Hall–Kier alpha value is -2.40. The van der Waals surface area contributed by atoms with Gasteiger partial charge in [0.15, 0.2) is 5.03 Å². The van der Waals surface area contributed by atoms with Crippen molar-refractivity contribution in [3.63, 3.8) is 0 Å². The monoisotopic (exact) mass is 615 g/mol. The van der Waals surface area contributed by atoms with E-state index in [0.717, 1.165) is 16.6 Å². The van der Waals surface area contributed by atoms with Crippen molar-refractivity contribution < 1.29 is 51.6 Å². The number of phosphoric acid groups is 1. The number of sulfonamides is 1. The van der Waals surface area contributed by atoms with Gasteiger partial charge in [0.1, 0.15) is 12.2 Å². The minimum atomic E-state index is -5.19. The molecule has 1 saturated heterocycles. The number of pyridine rings is 1. The predicted molar refractivity (Wildman–Crippen MR) is 147 cm³/mol. The summed E-state index contributed by atoms with van der Waals surface area (Å²) in [6.07, 6.45) is -1.40. The van der Waals surface area contributed by atoms with Gasteiger partial charge in [0, 0.05) is 31.2 Å². The summed E-state index contributed by atoms with van der Waals surface area (Å²) in [6, 6.07) is 9.88. The fourth-order valence-corrected chi connectivity index (χ4v) is 6.30. The van der Waals surface area contributed by atoms with Crippen LogP contribution in [0.1, 0.15) is 25.8 Å². The van der Waals surface area contributed by atoms with Crippen LogP contribution in [0, 0.1) is 5.92 Å². The molecule has 0 unspecified atom stereocenters. The number of carbonyl (C=O) groups is 1. The van der Waals surface area contributed by atoms with Crippen molar-refractivity contribution in [3.8, 4) is 0 Å². The van der Waals surface area contributed by atoms with Crippen LogP contribution in [-0.4, -0.2) is 95.3 Å². The average Bonchev–Trinajstić information content (AvgIpc) is 3.40. The minimum Gasteiger partial charge on any atom is -0.444 e. The standard InChI is InChI=1S/C24H35BN3O11PS/c1-17(2)14-28(41(35,36)23-9-8-19(13-26-23)25(30)31)15-22(39-40(32,33)34)21(12-18-6-4-3-5-7-18)27-24(29)38-20-10-11-37-16-20/h3-9,13,17,20-22,30-31H,10-12,14-16H2,1-2H3,(H,27,29)(H2,32,33,34)/t20-,21-,22+/m0/s1. The second-order valence-electron chi connectivity index (χ2n) is 9.99. The molecule has 1 aliphatic rings. The topological polar surface area (TPSA) is 205 Å². The van der Waals surface area contributed by atoms with Crippen molar-refractivity contribution in [2.24, 2.45) is 5.92 Å². The van der Waals surface area contributed by atoms with Crippen LogP contribution < -0.4 is 10.8 Å². The SMILES string of the molecule is CC(C)CN(C[C@@H](OP(=O)(O)O)[C@H](Cc1ccccc1)NC(=O)O[C@H]1CCOC1)S(=O)(=O)c1ccc(B(O)O)cn1. The fourth-order valence-electron chi connectivity index (χ4n) is 4.20. The van der Waals surface area contributed by atoms with E-state index in [4.69, 9.17) is 14.0 Å². The number of ether oxygens (including phenoxy) is 2. The molecule has 0 radical (unpaired) electrons. The zero-order valence-electron chi connectivity index (χ0n) is 22.6. The van der Waals surface area contributed by atoms with E-state index in [1.54, 1.807) is 44.2 Å². The molecule has 0 bridgehead atoms. The first-order chi connectivity index (χ1) is 19.2. The number of carbonyl (C=O) groups excluding carboxylic acids is 1. The number of nitrogens with zero attached hydrogens (tertiary/aromatic N) is 2. The Morgan fingerprint density at radius 1 is 1.20 bits per heavy atom. The molecule has 1 aliphatic heterocycles. The summed E-state index contributed by atoms with van der Waals surface area (Å²) in [6.45, 7) is 3.48. The maximum Gasteiger partial charge on any atom is 0.490 e. The van der Waals surface area contributed by atoms with E-state index in [1.807, 2.05) is 0 Å². The summed E-state index contributed by atoms with van der Waals surface area (Å²) in [5, 5.41) is 20.8. The highest BCUT2D eigenvalue weighted by molar-refractivity contribution is 7.89. The van der Waals surface area contributed by atoms with Gasteiger partial charge in [-0.3, -0.25) is 4.52 Å². The lowest BCUT2D eigenvalue weighted by Gasteiger charge is -2.33. The predicted octanol–water partition coefficient (Wildman–Crippen LogP) is 0.0124. The number of alkyl carbamates (subject to hydrolysis) is 1. The maximum atomic E-state index is 13.6. The lowest BCUT2D eigenvalue weighted by Crippen LogP contribution is -2.52. The Morgan fingerprint density at radius 3 is 2.44 bits per heavy atom. The largest absolute Gasteiger partial charge is 0.490 e. The third kappa shape index (κ3) is 10.4. The zero-order valence-corrected chi connectivity index (χ0v) is 24.4. The van der Waals surface area contributed by atoms with Crippen molar-refractivity contribution in [3.05, 3.63) is 54.2 Å². The lowest BCUT2D eigenvalue weighted by molar-refractivity contribution is 0.0601. The van der Waals surface area contributed by atoms with Gasteiger partial charge in [-0.05, 0) is 24.0 Å². The van der Waals surface area contributed by atoms with Gasteiger partial charge >= 0.3 is 21.0 Å². The highest BCUT2D eigenvalue weighted by Crippen LogP contribution is 2.39. The third-order valence-electron chi connectivity index (χ3n) is 6.10. The highest BCUT2D eigenvalue weighted by atomic mass is 32.2. The van der Waals surface area contributed by atoms with Crippen molar-refractivity contribution in [1.29, 1.82) is 0 Å². The van der Waals surface area contributed by atoms with Crippen molar-refractivity contribution in [1.82, 2.24) is 14.6 Å². The first-order valence-corrected chi connectivity index (χ1v) is 15.9. The molecule has 14 nitrogen and oxygen atoms in total. The summed E-state index contributed by atoms with van der Waals surface area (Å²) in [5.74, 6) is -0.230. The second kappa shape index (κ2) is 14.7. The van der Waals surface area contributed by atoms with Crippen molar-refractivity contribution in [2.45, 2.75) is 50.0 Å². The van der Waals surface area contributed by atoms with Crippen LogP contribution in [0.15, 0.2) is 53.7 Å². The summed E-state index contributed by atoms with van der Waals surface area (Å²) in [4.78, 5) is 36.2. The Labute approximate surface area is 239 Å². The van der Waals surface area contributed by atoms with Gasteiger partial charge in [-0.15, -0.1) is 0 Å². The molecule has 1 amide bonds. The lowest BCUT2D eigenvalue weighted by atomic mass is 9.82. The number of aromatic nitrogens is 1. The molecule has 0 saturated carbocycles. The molecule has 2 aromatic rings. The van der Waals surface area contributed by atoms with Crippen LogP contribution in [0.4, 0.5) is 4.79 Å². The normalized spacial score (nSPS) is 17.4. The number of amides is 1. The van der Waals surface area contributed by atoms with E-state index in [0.29, 0.717) is 18.6 Å². The number of benzene rings is 1. The smallest absolute Gasteiger partial charge is 0.444 e. The molecule has 3 rings (SSSR count). The van der Waals surface area contributed by atoms with Crippen LogP contribution in [0.25, 0.3) is 0 Å². The van der Waals surface area contributed by atoms with Gasteiger partial charge < -0.3 is 34.6 Å². The van der Waals surface area contributed by atoms with Gasteiger partial charge in [-0.1, -0.05) is 50.2 Å². The molecule has 0 spiro atoms. The number of hydrogen-bond donors (Lipinski definition) is 5. The van der Waals surface area contributed by atoms with E-state index in [2.05, 4.69) is 10.3 Å². The van der Waals surface area contributed by atoms with E-state index in [-0.39, 0.29) is 31.0 Å². The number of nitrogens with one attached hydrogen (secondary N) is 1. The first-order valence-electron chi connectivity index (χ1n) is 12.9. The molecule has 3 atom stereocenters. The molecule has 41 heavy (non-hydrogen) atoms. The second-order valence-corrected chi connectivity index (χ2v) is 13.1. The summed E-state index contributed by atoms with van der Waals surface area (Å²) in [5.41, 5.74) is 0.653. The van der Waals surface area contributed by atoms with E-state index < -0.39 is 60.9 Å². The Bertz CT molecular complexity index is 1270. The van der Waals surface area contributed by atoms with Crippen LogP contribution in [0.5, 0.6) is 0 Å². The number of phosphoric ester groups is 1. The molecule has 1 aromatic heterocycles. The van der Waals surface area contributed by atoms with Gasteiger partial charge in [0.25, 0.3) is 10.0 Å². The zero-order chi connectivity index (χ0) is 30.2. The molecular formula is C24H35BN3O11PS. The first kappa shape index (κ1) is 33.1. The van der Waals surface area contributed by atoms with Gasteiger partial charge in [0.2, 0.25) is 0 Å². The highest BCUT2D eigenvalue weighted by Gasteiger charge is 2.37. The molecule has 5 N–H and O–H groups in total. The number of hydrogen-bond acceptors (Lipinski definition) is 10. The van der Waals surface area contributed by atoms with Crippen molar-refractivity contribution in [2.75, 3.05) is 26.3 Å². The molecule has 1 fully saturated rings. The number of rotatable bonds is 14. The van der Waals surface area contributed by atoms with Crippen LogP contribution in [0.2, 0.25) is 0 Å². The van der Waals surface area contributed by atoms with Crippen LogP contribution in [-0.2, 0) is 35.0 Å². The van der Waals surface area contributed by atoms with Gasteiger partial charge in [0.05, 0.1) is 19.3 Å². The summed E-state index contributed by atoms with van der Waals surface area (Å²) in [7, 11) is -11.4. The Balaban J connectivity index is 1.97. The van der Waals surface area contributed by atoms with E-state index >= 15 is 0 Å². The van der Waals surface area contributed by atoms with Crippen molar-refractivity contribution >= 4 is 36.5 Å². The average molecular weight is 615 g/mol. The molecule has 226 valence electrons. The Morgan fingerprint density at radius 2 is 1.90 bits per heavy atom. The van der Waals surface area contributed by atoms with Crippen LogP contribution >= 0.6 is 7.82 Å². The van der Waals surface area contributed by atoms with Gasteiger partial charge in [-0.25, -0.2) is 22.8 Å². The summed E-state index contributed by atoms with van der Waals surface area (Å²) < 4.78 is 56.1. The summed E-state index contributed by atoms with van der Waals surface area (Å²) >= 11 is 0. The third-order valence-corrected chi connectivity index (χ3v) is 8.39. The maximum absolute atomic E-state index is 13.6. The molecule has 1 aromatic carbocycles. The quantitative estimate of drug-likeness (QED) is 0.141. The molecule has 17 heteroatoms. The molecule has 2 heterocycles. The van der Waals surface area contributed by atoms with Gasteiger partial charge in [-0.2, -0.15) is 4.31 Å². The fraction of sp³-hybridized carbons (Fsp3) is 0.500.